The van der Waals surface area contributed by atoms with Crippen LogP contribution in [0.4, 0.5) is 0 Å². The SMILES string of the molecule is C=CCn1c(Cc2cccs2)nnc1SCC(=O)NCc1ccccc1. The Hall–Kier alpha value is -2.38. The fourth-order valence-electron chi connectivity index (χ4n) is 2.42. The molecule has 134 valence electrons. The maximum atomic E-state index is 12.1. The van der Waals surface area contributed by atoms with Crippen LogP contribution in [0.3, 0.4) is 0 Å². The van der Waals surface area contributed by atoms with Gasteiger partial charge in [-0.2, -0.15) is 0 Å². The highest BCUT2D eigenvalue weighted by Gasteiger charge is 2.14. The van der Waals surface area contributed by atoms with Gasteiger partial charge in [-0.3, -0.25) is 4.79 Å². The Labute approximate surface area is 161 Å². The van der Waals surface area contributed by atoms with Crippen LogP contribution in [0.1, 0.15) is 16.3 Å². The van der Waals surface area contributed by atoms with E-state index < -0.39 is 0 Å². The summed E-state index contributed by atoms with van der Waals surface area (Å²) in [7, 11) is 0. The summed E-state index contributed by atoms with van der Waals surface area (Å²) in [6.45, 7) is 4.97. The maximum absolute atomic E-state index is 12.1. The number of thioether (sulfide) groups is 1. The van der Waals surface area contributed by atoms with Gasteiger partial charge in [0.25, 0.3) is 0 Å². The van der Waals surface area contributed by atoms with E-state index in [4.69, 9.17) is 0 Å². The van der Waals surface area contributed by atoms with Gasteiger partial charge in [0.15, 0.2) is 5.16 Å². The molecule has 0 saturated carbocycles. The van der Waals surface area contributed by atoms with Crippen molar-refractivity contribution in [2.24, 2.45) is 0 Å². The summed E-state index contributed by atoms with van der Waals surface area (Å²) in [6, 6.07) is 14.0. The van der Waals surface area contributed by atoms with Crippen molar-refractivity contribution in [2.75, 3.05) is 5.75 Å². The van der Waals surface area contributed by atoms with Crippen molar-refractivity contribution in [3.05, 3.63) is 76.8 Å². The monoisotopic (exact) mass is 384 g/mol. The number of allylic oxidation sites excluding steroid dienone is 1. The second kappa shape index (κ2) is 9.35. The lowest BCUT2D eigenvalue weighted by atomic mass is 10.2. The van der Waals surface area contributed by atoms with E-state index in [0.717, 1.165) is 23.0 Å². The topological polar surface area (TPSA) is 59.8 Å². The molecule has 0 atom stereocenters. The van der Waals surface area contributed by atoms with Gasteiger partial charge in [-0.15, -0.1) is 28.1 Å². The standard InChI is InChI=1S/C19H20N4OS2/c1-2-10-23-17(12-16-9-6-11-25-16)21-22-19(23)26-14-18(24)20-13-15-7-4-3-5-8-15/h2-9,11H,1,10,12-14H2,(H,20,24). The molecule has 1 N–H and O–H groups in total. The molecule has 0 aliphatic heterocycles. The number of amides is 1. The molecular weight excluding hydrogens is 364 g/mol. The van der Waals surface area contributed by atoms with Gasteiger partial charge in [-0.1, -0.05) is 54.2 Å². The molecule has 0 aliphatic rings. The average Bonchev–Trinajstić information content (AvgIpc) is 3.31. The number of nitrogens with one attached hydrogen (secondary N) is 1. The van der Waals surface area contributed by atoms with Crippen LogP contribution in [0.15, 0.2) is 65.7 Å². The summed E-state index contributed by atoms with van der Waals surface area (Å²) in [6.07, 6.45) is 2.56. The first kappa shape index (κ1) is 18.4. The van der Waals surface area contributed by atoms with Crippen LogP contribution in [0.25, 0.3) is 0 Å². The van der Waals surface area contributed by atoms with Crippen molar-refractivity contribution in [1.29, 1.82) is 0 Å². The minimum atomic E-state index is -0.0215. The molecule has 1 amide bonds. The normalized spacial score (nSPS) is 10.6. The molecule has 7 heteroatoms. The molecule has 2 heterocycles. The predicted octanol–water partition coefficient (Wildman–Crippen LogP) is 3.52. The molecular formula is C19H20N4OS2. The first-order chi connectivity index (χ1) is 12.8. The number of carbonyl (C=O) groups is 1. The van der Waals surface area contributed by atoms with Crippen molar-refractivity contribution in [2.45, 2.75) is 24.7 Å². The lowest BCUT2D eigenvalue weighted by molar-refractivity contribution is -0.118. The molecule has 0 unspecified atom stereocenters. The Morgan fingerprint density at radius 2 is 2.08 bits per heavy atom. The fourth-order valence-corrected chi connectivity index (χ4v) is 3.91. The molecule has 3 aromatic rings. The Balaban J connectivity index is 1.57. The van der Waals surface area contributed by atoms with Gasteiger partial charge in [0.1, 0.15) is 5.82 Å². The van der Waals surface area contributed by atoms with Crippen LogP contribution < -0.4 is 5.32 Å². The number of carbonyl (C=O) groups excluding carboxylic acids is 1. The summed E-state index contributed by atoms with van der Waals surface area (Å²) >= 11 is 3.10. The van der Waals surface area contributed by atoms with Gasteiger partial charge >= 0.3 is 0 Å². The van der Waals surface area contributed by atoms with Crippen molar-refractivity contribution in [3.8, 4) is 0 Å². The van der Waals surface area contributed by atoms with Gasteiger partial charge in [0.05, 0.1) is 5.75 Å². The Morgan fingerprint density at radius 1 is 1.23 bits per heavy atom. The second-order valence-corrected chi connectivity index (χ2v) is 7.58. The van der Waals surface area contributed by atoms with Gasteiger partial charge in [0.2, 0.25) is 5.91 Å². The molecule has 2 aromatic heterocycles. The molecule has 1 aromatic carbocycles. The second-order valence-electron chi connectivity index (χ2n) is 5.61. The number of thiophene rings is 1. The van der Waals surface area contributed by atoms with E-state index >= 15 is 0 Å². The van der Waals surface area contributed by atoms with E-state index in [1.165, 1.54) is 16.6 Å². The number of aromatic nitrogens is 3. The summed E-state index contributed by atoms with van der Waals surface area (Å²) in [4.78, 5) is 13.4. The van der Waals surface area contributed by atoms with E-state index in [9.17, 15) is 4.79 Å². The van der Waals surface area contributed by atoms with Crippen LogP contribution >= 0.6 is 23.1 Å². The summed E-state index contributed by atoms with van der Waals surface area (Å²) in [5, 5.41) is 14.3. The zero-order chi connectivity index (χ0) is 18.2. The molecule has 0 radical (unpaired) electrons. The number of rotatable bonds is 9. The highest BCUT2D eigenvalue weighted by molar-refractivity contribution is 7.99. The molecule has 0 bridgehead atoms. The van der Waals surface area contributed by atoms with Crippen LogP contribution in [-0.4, -0.2) is 26.4 Å². The van der Waals surface area contributed by atoms with E-state index in [0.29, 0.717) is 18.8 Å². The smallest absolute Gasteiger partial charge is 0.230 e. The Morgan fingerprint density at radius 3 is 2.81 bits per heavy atom. The number of benzene rings is 1. The Bertz CT molecular complexity index is 844. The zero-order valence-electron chi connectivity index (χ0n) is 14.3. The molecule has 0 spiro atoms. The van der Waals surface area contributed by atoms with Crippen molar-refractivity contribution in [3.63, 3.8) is 0 Å². The molecule has 0 fully saturated rings. The van der Waals surface area contributed by atoms with E-state index in [-0.39, 0.29) is 5.91 Å². The number of hydrogen-bond donors (Lipinski definition) is 1. The fraction of sp³-hybridized carbons (Fsp3) is 0.211. The number of hydrogen-bond acceptors (Lipinski definition) is 5. The van der Waals surface area contributed by atoms with Gasteiger partial charge in [-0.05, 0) is 17.0 Å². The lowest BCUT2D eigenvalue weighted by Gasteiger charge is -2.08. The minimum absolute atomic E-state index is 0.0215. The third-order valence-corrected chi connectivity index (χ3v) is 5.53. The molecule has 0 aliphatic carbocycles. The van der Waals surface area contributed by atoms with Crippen LogP contribution in [0.2, 0.25) is 0 Å². The quantitative estimate of drug-likeness (QED) is 0.453. The first-order valence-electron chi connectivity index (χ1n) is 8.25. The van der Waals surface area contributed by atoms with Crippen molar-refractivity contribution < 1.29 is 4.79 Å². The van der Waals surface area contributed by atoms with Crippen molar-refractivity contribution in [1.82, 2.24) is 20.1 Å². The van der Waals surface area contributed by atoms with Crippen LogP contribution in [-0.2, 0) is 24.3 Å². The molecule has 5 nitrogen and oxygen atoms in total. The summed E-state index contributed by atoms with van der Waals surface area (Å²) in [5.74, 6) is 1.17. The summed E-state index contributed by atoms with van der Waals surface area (Å²) in [5.41, 5.74) is 1.08. The third-order valence-electron chi connectivity index (χ3n) is 3.68. The average molecular weight is 385 g/mol. The molecule has 26 heavy (non-hydrogen) atoms. The largest absolute Gasteiger partial charge is 0.351 e. The van der Waals surface area contributed by atoms with Gasteiger partial charge in [-0.25, -0.2) is 0 Å². The van der Waals surface area contributed by atoms with Crippen LogP contribution in [0, 0.1) is 0 Å². The van der Waals surface area contributed by atoms with Gasteiger partial charge < -0.3 is 9.88 Å². The number of nitrogens with zero attached hydrogens (tertiary/aromatic N) is 3. The maximum Gasteiger partial charge on any atom is 0.230 e. The molecule has 0 saturated heterocycles. The first-order valence-corrected chi connectivity index (χ1v) is 10.1. The lowest BCUT2D eigenvalue weighted by Crippen LogP contribution is -2.24. The van der Waals surface area contributed by atoms with E-state index in [1.54, 1.807) is 11.3 Å². The van der Waals surface area contributed by atoms with Crippen LogP contribution in [0.5, 0.6) is 0 Å². The summed E-state index contributed by atoms with van der Waals surface area (Å²) < 4.78 is 2.02. The predicted molar refractivity (Wildman–Crippen MR) is 106 cm³/mol. The third kappa shape index (κ3) is 5.06. The van der Waals surface area contributed by atoms with E-state index in [1.807, 2.05) is 47.0 Å². The van der Waals surface area contributed by atoms with E-state index in [2.05, 4.69) is 33.5 Å². The highest BCUT2D eigenvalue weighted by Crippen LogP contribution is 2.20. The highest BCUT2D eigenvalue weighted by atomic mass is 32.2. The van der Waals surface area contributed by atoms with Crippen molar-refractivity contribution >= 4 is 29.0 Å². The van der Waals surface area contributed by atoms with Gasteiger partial charge in [0, 0.05) is 24.4 Å². The minimum Gasteiger partial charge on any atom is -0.351 e. The zero-order valence-corrected chi connectivity index (χ0v) is 15.9. The Kier molecular flexibility index (Phi) is 6.62. The molecule has 3 rings (SSSR count).